The summed E-state index contributed by atoms with van der Waals surface area (Å²) in [5.41, 5.74) is 2.52. The van der Waals surface area contributed by atoms with Crippen molar-refractivity contribution in [3.63, 3.8) is 0 Å². The van der Waals surface area contributed by atoms with E-state index in [0.717, 1.165) is 24.6 Å². The van der Waals surface area contributed by atoms with Crippen LogP contribution in [-0.2, 0) is 17.8 Å². The van der Waals surface area contributed by atoms with E-state index in [1.165, 1.54) is 43.8 Å². The van der Waals surface area contributed by atoms with Crippen LogP contribution in [0, 0.1) is 5.92 Å². The van der Waals surface area contributed by atoms with Crippen molar-refractivity contribution in [1.29, 1.82) is 0 Å². The summed E-state index contributed by atoms with van der Waals surface area (Å²) in [4.78, 5) is 15.6. The van der Waals surface area contributed by atoms with E-state index in [0.29, 0.717) is 11.3 Å². The molecule has 6 nitrogen and oxygen atoms in total. The number of aromatic nitrogens is 1. The lowest BCUT2D eigenvalue weighted by Gasteiger charge is -2.30. The normalized spacial score (nSPS) is 21.0. The molecule has 0 radical (unpaired) electrons. The van der Waals surface area contributed by atoms with Crippen LogP contribution >= 0.6 is 0 Å². The molecule has 1 saturated carbocycles. The third kappa shape index (κ3) is 4.20. The Morgan fingerprint density at radius 3 is 2.92 bits per heavy atom. The Hall–Kier alpha value is -2.34. The van der Waals surface area contributed by atoms with Crippen molar-refractivity contribution in [3.05, 3.63) is 48.2 Å². The van der Waals surface area contributed by atoms with Crippen LogP contribution in [0.1, 0.15) is 37.0 Å². The molecule has 1 atom stereocenters. The first-order valence-corrected chi connectivity index (χ1v) is 8.86. The number of nitrogens with one attached hydrogen (secondary N) is 2. The van der Waals surface area contributed by atoms with Gasteiger partial charge in [-0.2, -0.15) is 0 Å². The van der Waals surface area contributed by atoms with E-state index in [9.17, 15) is 4.79 Å². The van der Waals surface area contributed by atoms with Crippen LogP contribution in [0.3, 0.4) is 0 Å². The maximum Gasteiger partial charge on any atom is 0.412 e. The number of hydrogen-bond donors (Lipinski definition) is 2. The first-order valence-electron chi connectivity index (χ1n) is 8.86. The molecule has 1 aromatic heterocycles. The zero-order valence-corrected chi connectivity index (χ0v) is 14.2. The van der Waals surface area contributed by atoms with E-state index in [1.54, 1.807) is 0 Å². The van der Waals surface area contributed by atoms with Crippen molar-refractivity contribution < 1.29 is 13.9 Å². The van der Waals surface area contributed by atoms with E-state index in [1.807, 2.05) is 12.1 Å². The molecule has 2 aliphatic rings. The van der Waals surface area contributed by atoms with Crippen LogP contribution in [0.25, 0.3) is 0 Å². The van der Waals surface area contributed by atoms with Crippen LogP contribution in [0.5, 0.6) is 0 Å². The van der Waals surface area contributed by atoms with Gasteiger partial charge in [-0.25, -0.2) is 9.78 Å². The molecule has 1 aromatic carbocycles. The largest absolute Gasteiger partial charge is 0.445 e. The summed E-state index contributed by atoms with van der Waals surface area (Å²) in [5.74, 6) is 1.27. The standard InChI is InChI=1S/C19H23N3O3/c23-18(24-12-17-11-20-13-25-17)22-16-3-1-14(2-4-16)9-15-5-8-21-19(10-15)6-7-19/h1-4,11,13,15,21H,5-10,12H2,(H,22,23). The van der Waals surface area contributed by atoms with Crippen molar-refractivity contribution in [3.8, 4) is 0 Å². The molecule has 2 heterocycles. The molecule has 2 N–H and O–H groups in total. The van der Waals surface area contributed by atoms with E-state index < -0.39 is 6.09 Å². The SMILES string of the molecule is O=C(Nc1ccc(CC2CCNC3(CC3)C2)cc1)OCc1cnco1. The summed E-state index contributed by atoms with van der Waals surface area (Å²) in [6.07, 6.45) is 8.65. The Kier molecular flexibility index (Phi) is 4.44. The molecular formula is C19H23N3O3. The van der Waals surface area contributed by atoms with Crippen LogP contribution in [0.4, 0.5) is 10.5 Å². The molecule has 1 saturated heterocycles. The zero-order chi connectivity index (χ0) is 17.1. The van der Waals surface area contributed by atoms with Crippen LogP contribution in [0.2, 0.25) is 0 Å². The van der Waals surface area contributed by atoms with Crippen molar-refractivity contribution >= 4 is 11.8 Å². The first kappa shape index (κ1) is 16.1. The lowest BCUT2D eigenvalue weighted by Crippen LogP contribution is -2.40. The van der Waals surface area contributed by atoms with Crippen LogP contribution in [-0.4, -0.2) is 23.2 Å². The van der Waals surface area contributed by atoms with Gasteiger partial charge in [0.25, 0.3) is 0 Å². The Bertz CT molecular complexity index is 708. The molecule has 0 bridgehead atoms. The minimum absolute atomic E-state index is 0.0708. The molecule has 1 aliphatic carbocycles. The second-order valence-corrected chi connectivity index (χ2v) is 7.14. The van der Waals surface area contributed by atoms with Gasteiger partial charge in [-0.05, 0) is 62.3 Å². The third-order valence-electron chi connectivity index (χ3n) is 5.14. The molecule has 1 spiro atoms. The minimum atomic E-state index is -0.502. The molecule has 132 valence electrons. The average Bonchev–Trinajstić information content (AvgIpc) is 3.14. The number of oxazole rings is 1. The molecule has 1 amide bonds. The summed E-state index contributed by atoms with van der Waals surface area (Å²) in [6.45, 7) is 1.21. The van der Waals surface area contributed by atoms with Crippen molar-refractivity contribution in [2.24, 2.45) is 5.92 Å². The maximum atomic E-state index is 11.8. The molecule has 1 aliphatic heterocycles. The lowest BCUT2D eigenvalue weighted by molar-refractivity contribution is 0.146. The highest BCUT2D eigenvalue weighted by Gasteiger charge is 2.45. The van der Waals surface area contributed by atoms with E-state index >= 15 is 0 Å². The van der Waals surface area contributed by atoms with Gasteiger partial charge in [0.1, 0.15) is 0 Å². The van der Waals surface area contributed by atoms with Crippen LogP contribution in [0.15, 0.2) is 41.3 Å². The molecule has 6 heteroatoms. The Morgan fingerprint density at radius 1 is 1.36 bits per heavy atom. The van der Waals surface area contributed by atoms with Gasteiger partial charge in [0.05, 0.1) is 6.20 Å². The number of ether oxygens (including phenoxy) is 1. The number of amides is 1. The highest BCUT2D eigenvalue weighted by molar-refractivity contribution is 5.84. The van der Waals surface area contributed by atoms with Gasteiger partial charge in [0.2, 0.25) is 0 Å². The van der Waals surface area contributed by atoms with Gasteiger partial charge < -0.3 is 14.5 Å². The fourth-order valence-electron chi connectivity index (χ4n) is 3.64. The summed E-state index contributed by atoms with van der Waals surface area (Å²) in [6, 6.07) is 8.04. The van der Waals surface area contributed by atoms with Crippen molar-refractivity contribution in [1.82, 2.24) is 10.3 Å². The number of nitrogens with zero attached hydrogens (tertiary/aromatic N) is 1. The minimum Gasteiger partial charge on any atom is -0.445 e. The maximum absolute atomic E-state index is 11.8. The summed E-state index contributed by atoms with van der Waals surface area (Å²) in [7, 11) is 0. The van der Waals surface area contributed by atoms with Gasteiger partial charge in [-0.15, -0.1) is 0 Å². The number of benzene rings is 1. The Balaban J connectivity index is 1.25. The highest BCUT2D eigenvalue weighted by atomic mass is 16.6. The highest BCUT2D eigenvalue weighted by Crippen LogP contribution is 2.44. The van der Waals surface area contributed by atoms with Gasteiger partial charge in [0, 0.05) is 11.2 Å². The van der Waals surface area contributed by atoms with Gasteiger partial charge in [0.15, 0.2) is 18.8 Å². The second kappa shape index (κ2) is 6.88. The second-order valence-electron chi connectivity index (χ2n) is 7.14. The summed E-state index contributed by atoms with van der Waals surface area (Å²) < 4.78 is 10.1. The molecular weight excluding hydrogens is 318 g/mol. The summed E-state index contributed by atoms with van der Waals surface area (Å²) in [5, 5.41) is 6.39. The van der Waals surface area contributed by atoms with Crippen molar-refractivity contribution in [2.45, 2.75) is 44.2 Å². The van der Waals surface area contributed by atoms with E-state index in [2.05, 4.69) is 27.8 Å². The fourth-order valence-corrected chi connectivity index (χ4v) is 3.64. The smallest absolute Gasteiger partial charge is 0.412 e. The van der Waals surface area contributed by atoms with Gasteiger partial charge in [-0.1, -0.05) is 12.1 Å². The number of rotatable bonds is 5. The molecule has 25 heavy (non-hydrogen) atoms. The number of piperidine rings is 1. The summed E-state index contributed by atoms with van der Waals surface area (Å²) >= 11 is 0. The topological polar surface area (TPSA) is 76.4 Å². The van der Waals surface area contributed by atoms with Gasteiger partial charge in [-0.3, -0.25) is 5.32 Å². The Labute approximate surface area is 147 Å². The number of carbonyl (C=O) groups is 1. The quantitative estimate of drug-likeness (QED) is 0.870. The number of carbonyl (C=O) groups excluding carboxylic acids is 1. The lowest BCUT2D eigenvalue weighted by atomic mass is 9.86. The molecule has 2 aromatic rings. The Morgan fingerprint density at radius 2 is 2.20 bits per heavy atom. The number of anilines is 1. The monoisotopic (exact) mass is 341 g/mol. The zero-order valence-electron chi connectivity index (χ0n) is 14.2. The number of hydrogen-bond acceptors (Lipinski definition) is 5. The molecule has 1 unspecified atom stereocenters. The molecule has 4 rings (SSSR count). The third-order valence-corrected chi connectivity index (χ3v) is 5.14. The first-order chi connectivity index (χ1) is 12.2. The van der Waals surface area contributed by atoms with Crippen LogP contribution < -0.4 is 10.6 Å². The molecule has 2 fully saturated rings. The average molecular weight is 341 g/mol. The van der Waals surface area contributed by atoms with E-state index in [-0.39, 0.29) is 6.61 Å². The van der Waals surface area contributed by atoms with E-state index in [4.69, 9.17) is 9.15 Å². The van der Waals surface area contributed by atoms with Gasteiger partial charge >= 0.3 is 6.09 Å². The fraction of sp³-hybridized carbons (Fsp3) is 0.474. The predicted molar refractivity (Wildman–Crippen MR) is 93.1 cm³/mol. The predicted octanol–water partition coefficient (Wildman–Crippen LogP) is 3.50. The van der Waals surface area contributed by atoms with Crippen molar-refractivity contribution in [2.75, 3.05) is 11.9 Å².